The molecule has 0 aliphatic heterocycles. The average Bonchev–Trinajstić information content (AvgIpc) is 2.80. The van der Waals surface area contributed by atoms with Gasteiger partial charge in [0.05, 0.1) is 0 Å². The largest absolute Gasteiger partial charge is 0.350 e. The molecule has 7 nitrogen and oxygen atoms in total. The van der Waals surface area contributed by atoms with E-state index in [1.165, 1.54) is 17.7 Å². The van der Waals surface area contributed by atoms with Crippen molar-refractivity contribution in [2.75, 3.05) is 5.43 Å². The highest BCUT2D eigenvalue weighted by Crippen LogP contribution is 2.22. The van der Waals surface area contributed by atoms with Crippen molar-refractivity contribution in [2.45, 2.75) is 0 Å². The number of primary amides is 1. The summed E-state index contributed by atoms with van der Waals surface area (Å²) in [5, 5.41) is 8.14. The molecular formula is C12H9IN6OS2. The normalized spacial score (nSPS) is 10.8. The zero-order chi connectivity index (χ0) is 15.9. The topological polar surface area (TPSA) is 102 Å². The number of nitrogens with one attached hydrogen (secondary N) is 2. The third-order valence-electron chi connectivity index (χ3n) is 2.85. The van der Waals surface area contributed by atoms with Gasteiger partial charge < -0.3 is 5.73 Å². The number of carbonyl (C=O) groups is 1. The van der Waals surface area contributed by atoms with E-state index in [9.17, 15) is 4.79 Å². The number of aromatic nitrogens is 3. The van der Waals surface area contributed by atoms with Crippen LogP contribution in [0, 0.1) is 12.9 Å². The third kappa shape index (κ3) is 2.64. The molecule has 0 saturated heterocycles. The Kier molecular flexibility index (Phi) is 3.97. The molecule has 2 aromatic heterocycles. The van der Waals surface area contributed by atoms with E-state index in [0.29, 0.717) is 14.3 Å². The summed E-state index contributed by atoms with van der Waals surface area (Å²) in [5.41, 5.74) is 8.91. The lowest BCUT2D eigenvalue weighted by Crippen LogP contribution is -2.36. The lowest BCUT2D eigenvalue weighted by Gasteiger charge is -2.07. The molecule has 2 heterocycles. The van der Waals surface area contributed by atoms with E-state index in [2.05, 4.69) is 33.0 Å². The Bertz CT molecular complexity index is 988. The molecule has 0 saturated carbocycles. The van der Waals surface area contributed by atoms with Crippen LogP contribution < -0.4 is 16.6 Å². The Balaban J connectivity index is 2.25. The van der Waals surface area contributed by atoms with Crippen molar-refractivity contribution < 1.29 is 4.79 Å². The van der Waals surface area contributed by atoms with Gasteiger partial charge in [-0.05, 0) is 59.1 Å². The van der Waals surface area contributed by atoms with Crippen molar-refractivity contribution in [3.63, 3.8) is 0 Å². The molecule has 0 bridgehead atoms. The summed E-state index contributed by atoms with van der Waals surface area (Å²) < 4.78 is 5.23. The molecule has 2 amide bonds. The van der Waals surface area contributed by atoms with Crippen molar-refractivity contribution in [3.8, 4) is 5.69 Å². The van der Waals surface area contributed by atoms with Gasteiger partial charge in [-0.25, -0.2) is 19.9 Å². The molecule has 0 spiro atoms. The molecule has 22 heavy (non-hydrogen) atoms. The second kappa shape index (κ2) is 5.78. The third-order valence-corrected chi connectivity index (χ3v) is 4.94. The number of benzene rings is 1. The van der Waals surface area contributed by atoms with Crippen LogP contribution in [0.3, 0.4) is 0 Å². The first-order valence-corrected chi connectivity index (χ1v) is 8.28. The van der Waals surface area contributed by atoms with Gasteiger partial charge in [0.25, 0.3) is 0 Å². The zero-order valence-electron chi connectivity index (χ0n) is 10.9. The minimum Gasteiger partial charge on any atom is -0.350 e. The lowest BCUT2D eigenvalue weighted by molar-refractivity contribution is 0.256. The van der Waals surface area contributed by atoms with Crippen molar-refractivity contribution in [2.24, 2.45) is 5.73 Å². The van der Waals surface area contributed by atoms with Gasteiger partial charge in [0.2, 0.25) is 0 Å². The number of nitrogens with two attached hydrogens (primary N) is 1. The fourth-order valence-electron chi connectivity index (χ4n) is 1.94. The summed E-state index contributed by atoms with van der Waals surface area (Å²) in [5.74, 6) is 0. The molecule has 0 aliphatic carbocycles. The van der Waals surface area contributed by atoms with Crippen molar-refractivity contribution in [1.82, 2.24) is 14.2 Å². The van der Waals surface area contributed by atoms with Gasteiger partial charge in [0.15, 0.2) is 15.1 Å². The number of rotatable bonds is 2. The fraction of sp³-hybridized carbons (Fsp3) is 0. The fourth-order valence-corrected chi connectivity index (χ4v) is 3.63. The molecular weight excluding hydrogens is 435 g/mol. The van der Waals surface area contributed by atoms with Crippen molar-refractivity contribution in [3.05, 3.63) is 43.6 Å². The van der Waals surface area contributed by atoms with Crippen LogP contribution >= 0.6 is 46.1 Å². The van der Waals surface area contributed by atoms with Crippen LogP contribution in [-0.2, 0) is 0 Å². The number of hydrogen-bond donors (Lipinski definition) is 3. The second-order valence-electron chi connectivity index (χ2n) is 4.27. The molecule has 0 radical (unpaired) electrons. The van der Waals surface area contributed by atoms with Crippen LogP contribution in [0.4, 0.5) is 4.79 Å². The Morgan fingerprint density at radius 3 is 2.73 bits per heavy atom. The van der Waals surface area contributed by atoms with E-state index < -0.39 is 6.03 Å². The molecule has 0 atom stereocenters. The minimum absolute atomic E-state index is 0.0733. The molecule has 0 unspecified atom stereocenters. The van der Waals surface area contributed by atoms with E-state index in [1.807, 2.05) is 24.3 Å². The highest BCUT2D eigenvalue weighted by molar-refractivity contribution is 14.1. The molecule has 0 fully saturated rings. The monoisotopic (exact) mass is 444 g/mol. The van der Waals surface area contributed by atoms with Crippen molar-refractivity contribution >= 4 is 62.5 Å². The van der Waals surface area contributed by atoms with E-state index in [0.717, 1.165) is 13.9 Å². The van der Waals surface area contributed by atoms with Crippen LogP contribution in [-0.4, -0.2) is 20.3 Å². The number of urea groups is 1. The first-order valence-electron chi connectivity index (χ1n) is 5.97. The van der Waals surface area contributed by atoms with E-state index in [-0.39, 0.29) is 5.49 Å². The number of hydrogen-bond acceptors (Lipinski definition) is 5. The van der Waals surface area contributed by atoms with Crippen molar-refractivity contribution in [1.29, 1.82) is 5.41 Å². The van der Waals surface area contributed by atoms with Gasteiger partial charge in [-0.2, -0.15) is 0 Å². The molecule has 4 N–H and O–H groups in total. The maximum Gasteiger partial charge on any atom is 0.331 e. The Morgan fingerprint density at radius 2 is 2.09 bits per heavy atom. The summed E-state index contributed by atoms with van der Waals surface area (Å²) in [7, 11) is 0. The summed E-state index contributed by atoms with van der Waals surface area (Å²) in [6, 6.07) is 7.07. The predicted octanol–water partition coefficient (Wildman–Crippen LogP) is 2.32. The number of halogens is 1. The molecule has 112 valence electrons. The van der Waals surface area contributed by atoms with E-state index >= 15 is 0 Å². The number of carbonyl (C=O) groups excluding carboxylic acids is 1. The van der Waals surface area contributed by atoms with Crippen LogP contribution in [0.25, 0.3) is 16.0 Å². The maximum atomic E-state index is 10.9. The van der Waals surface area contributed by atoms with Crippen LogP contribution in [0.1, 0.15) is 0 Å². The molecule has 1 aromatic carbocycles. The van der Waals surface area contributed by atoms with Gasteiger partial charge in [-0.3, -0.25) is 9.98 Å². The van der Waals surface area contributed by atoms with Crippen LogP contribution in [0.5, 0.6) is 0 Å². The minimum atomic E-state index is -0.764. The first-order chi connectivity index (χ1) is 10.5. The van der Waals surface area contributed by atoms with Crippen LogP contribution in [0.2, 0.25) is 0 Å². The zero-order valence-corrected chi connectivity index (χ0v) is 14.7. The Labute approximate surface area is 147 Å². The molecule has 3 aromatic rings. The standard InChI is InChI=1S/C12H9IN6OS2/c13-6-1-3-7(4-2-6)19-10-8(22-12(19)21)9(14)18(5-16-10)17-11(15)20/h1-5,14H,(H3,15,17,20). The molecule has 0 aliphatic rings. The highest BCUT2D eigenvalue weighted by atomic mass is 127. The van der Waals surface area contributed by atoms with Crippen LogP contribution in [0.15, 0.2) is 30.6 Å². The van der Waals surface area contributed by atoms with Gasteiger partial charge in [0.1, 0.15) is 11.0 Å². The number of amides is 2. The van der Waals surface area contributed by atoms with Gasteiger partial charge in [-0.1, -0.05) is 11.3 Å². The molecule has 3 rings (SSSR count). The Hall–Kier alpha value is -1.79. The summed E-state index contributed by atoms with van der Waals surface area (Å²) >= 11 is 8.88. The lowest BCUT2D eigenvalue weighted by atomic mass is 10.3. The van der Waals surface area contributed by atoms with E-state index in [1.54, 1.807) is 4.57 Å². The smallest absolute Gasteiger partial charge is 0.331 e. The molecule has 10 heteroatoms. The predicted molar refractivity (Wildman–Crippen MR) is 95.3 cm³/mol. The summed E-state index contributed by atoms with van der Waals surface area (Å²) in [4.78, 5) is 15.2. The first kappa shape index (κ1) is 15.1. The van der Waals surface area contributed by atoms with Gasteiger partial charge in [-0.15, -0.1) is 0 Å². The maximum absolute atomic E-state index is 10.9. The quantitative estimate of drug-likeness (QED) is 0.418. The SMILES string of the molecule is N=c1c2sc(=S)n(-c3ccc(I)cc3)c2ncn1NC(N)=O. The summed E-state index contributed by atoms with van der Waals surface area (Å²) in [6.45, 7) is 0. The number of thiazole rings is 1. The van der Waals surface area contributed by atoms with E-state index in [4.69, 9.17) is 23.4 Å². The Morgan fingerprint density at radius 1 is 1.41 bits per heavy atom. The van der Waals surface area contributed by atoms with Gasteiger partial charge in [0, 0.05) is 9.26 Å². The second-order valence-corrected chi connectivity index (χ2v) is 7.16. The number of nitrogens with zero attached hydrogens (tertiary/aromatic N) is 3. The summed E-state index contributed by atoms with van der Waals surface area (Å²) in [6.07, 6.45) is 1.33. The average molecular weight is 444 g/mol. The number of fused-ring (bicyclic) bond motifs is 1. The van der Waals surface area contributed by atoms with Gasteiger partial charge >= 0.3 is 6.03 Å². The highest BCUT2D eigenvalue weighted by Gasteiger charge is 2.12.